The number of ether oxygens (including phenoxy) is 2. The summed E-state index contributed by atoms with van der Waals surface area (Å²) in [5, 5.41) is 18.7. The number of thioether (sulfide) groups is 1. The summed E-state index contributed by atoms with van der Waals surface area (Å²) in [4.78, 5) is 15.5. The van der Waals surface area contributed by atoms with Gasteiger partial charge < -0.3 is 19.4 Å². The predicted octanol–water partition coefficient (Wildman–Crippen LogP) is 1.92. The zero-order valence-electron chi connectivity index (χ0n) is 13.3. The number of nitrogens with zero attached hydrogens (tertiary/aromatic N) is 2. The molecule has 0 atom stereocenters. The number of aromatic amines is 1. The van der Waals surface area contributed by atoms with E-state index in [0.717, 1.165) is 11.8 Å². The van der Waals surface area contributed by atoms with Crippen molar-refractivity contribution in [2.45, 2.75) is 18.5 Å². The number of hydrogen-bond donors (Lipinski definition) is 1. The normalized spacial score (nSPS) is 11.4. The summed E-state index contributed by atoms with van der Waals surface area (Å²) in [5.74, 6) is 0.101. The molecule has 0 spiro atoms. The van der Waals surface area contributed by atoms with Crippen LogP contribution in [0.15, 0.2) is 22.2 Å². The zero-order chi connectivity index (χ0) is 17.7. The minimum absolute atomic E-state index is 0.0556. The summed E-state index contributed by atoms with van der Waals surface area (Å²) in [5.41, 5.74) is 0.524. The molecule has 1 aromatic carbocycles. The van der Waals surface area contributed by atoms with Crippen LogP contribution in [0, 0.1) is 0 Å². The van der Waals surface area contributed by atoms with Crippen molar-refractivity contribution in [1.29, 1.82) is 0 Å². The van der Waals surface area contributed by atoms with Gasteiger partial charge in [-0.05, 0) is 35.5 Å². The van der Waals surface area contributed by atoms with E-state index in [2.05, 4.69) is 15.2 Å². The molecule has 24 heavy (non-hydrogen) atoms. The molecule has 0 radical (unpaired) electrons. The number of hydrogen-bond acceptors (Lipinski definition) is 7. The van der Waals surface area contributed by atoms with Gasteiger partial charge in [-0.1, -0.05) is 18.5 Å². The molecule has 0 bridgehead atoms. The molecule has 7 nitrogen and oxygen atoms in total. The van der Waals surface area contributed by atoms with E-state index in [1.165, 1.54) is 20.3 Å². The fourth-order valence-electron chi connectivity index (χ4n) is 1.88. The predicted molar refractivity (Wildman–Crippen MR) is 89.2 cm³/mol. The smallest absolute Gasteiger partial charge is 0.213 e. The molecule has 0 saturated heterocycles. The highest BCUT2D eigenvalue weighted by atomic mass is 35.5. The van der Waals surface area contributed by atoms with Gasteiger partial charge in [0.05, 0.1) is 25.2 Å². The van der Waals surface area contributed by atoms with Gasteiger partial charge in [0.15, 0.2) is 11.5 Å². The van der Waals surface area contributed by atoms with Gasteiger partial charge in [0.2, 0.25) is 5.16 Å². The summed E-state index contributed by atoms with van der Waals surface area (Å²) in [6.45, 7) is 1.91. The quantitative estimate of drug-likeness (QED) is 0.588. The van der Waals surface area contributed by atoms with E-state index in [0.29, 0.717) is 39.5 Å². The van der Waals surface area contributed by atoms with Crippen molar-refractivity contribution >= 4 is 35.4 Å². The maximum Gasteiger partial charge on any atom is 0.213 e. The standard InChI is InChI=1S/C15H16ClN3O4S/c1-4-12-17-15(19-18-12)24-11(14(20)21)7-8-5-9(16)13(23-3)10(6-8)22-2/h5-7H,4H2,1-3H3,(H,20,21)(H,17,18,19)/p-1/b11-7+. The summed E-state index contributed by atoms with van der Waals surface area (Å²) in [6, 6.07) is 3.19. The van der Waals surface area contributed by atoms with Crippen LogP contribution in [0.5, 0.6) is 11.5 Å². The van der Waals surface area contributed by atoms with Crippen LogP contribution in [0.4, 0.5) is 0 Å². The molecule has 0 aliphatic rings. The SMILES string of the molecule is CCc1nc(S/C(=C/c2cc(Cl)c(OC)c(OC)c2)C(=O)[O-])n[nH]1. The van der Waals surface area contributed by atoms with Gasteiger partial charge in [0, 0.05) is 11.3 Å². The third kappa shape index (κ3) is 4.21. The van der Waals surface area contributed by atoms with Gasteiger partial charge in [-0.2, -0.15) is 0 Å². The Balaban J connectivity index is 2.37. The molecule has 128 valence electrons. The first-order valence-electron chi connectivity index (χ1n) is 6.92. The molecule has 2 aromatic rings. The number of aryl methyl sites for hydroxylation is 1. The summed E-state index contributed by atoms with van der Waals surface area (Å²) < 4.78 is 10.3. The lowest BCUT2D eigenvalue weighted by Crippen LogP contribution is -2.23. The van der Waals surface area contributed by atoms with Crippen LogP contribution >= 0.6 is 23.4 Å². The van der Waals surface area contributed by atoms with Gasteiger partial charge in [-0.25, -0.2) is 4.98 Å². The van der Waals surface area contributed by atoms with Crippen LogP contribution in [0.25, 0.3) is 6.08 Å². The molecule has 0 fully saturated rings. The van der Waals surface area contributed by atoms with Crippen molar-refractivity contribution < 1.29 is 19.4 Å². The van der Waals surface area contributed by atoms with Crippen molar-refractivity contribution in [1.82, 2.24) is 15.2 Å². The number of nitrogens with one attached hydrogen (secondary N) is 1. The maximum absolute atomic E-state index is 11.4. The topological polar surface area (TPSA) is 100 Å². The van der Waals surface area contributed by atoms with Gasteiger partial charge >= 0.3 is 0 Å². The lowest BCUT2D eigenvalue weighted by atomic mass is 10.2. The van der Waals surface area contributed by atoms with E-state index in [4.69, 9.17) is 21.1 Å². The number of carboxylic acids is 1. The number of carboxylic acid groups (broad SMARTS) is 1. The van der Waals surface area contributed by atoms with Gasteiger partial charge in [-0.15, -0.1) is 5.10 Å². The Kier molecular flexibility index (Phi) is 6.10. The number of aromatic nitrogens is 3. The average molecular weight is 369 g/mol. The number of H-pyrrole nitrogens is 1. The first kappa shape index (κ1) is 18.2. The molecular formula is C15H15ClN3O4S-. The molecule has 0 aliphatic carbocycles. The van der Waals surface area contributed by atoms with Crippen molar-refractivity contribution in [3.05, 3.63) is 33.4 Å². The minimum Gasteiger partial charge on any atom is -0.544 e. The molecule has 0 amide bonds. The van der Waals surface area contributed by atoms with Gasteiger partial charge in [0.1, 0.15) is 5.82 Å². The van der Waals surface area contributed by atoms with E-state index in [1.807, 2.05) is 6.92 Å². The van der Waals surface area contributed by atoms with Crippen LogP contribution in [-0.4, -0.2) is 35.4 Å². The van der Waals surface area contributed by atoms with Crippen LogP contribution in [0.2, 0.25) is 5.02 Å². The van der Waals surface area contributed by atoms with Crippen molar-refractivity contribution in [2.24, 2.45) is 0 Å². The Bertz CT molecular complexity index is 776. The first-order valence-corrected chi connectivity index (χ1v) is 8.11. The van der Waals surface area contributed by atoms with Gasteiger partial charge in [0.25, 0.3) is 0 Å². The second-order valence-corrected chi connectivity index (χ2v) is 5.97. The summed E-state index contributed by atoms with van der Waals surface area (Å²) in [6.07, 6.45) is 2.08. The number of carbonyl (C=O) groups is 1. The van der Waals surface area contributed by atoms with Crippen LogP contribution in [0.3, 0.4) is 0 Å². The molecule has 1 N–H and O–H groups in total. The molecule has 1 heterocycles. The number of halogens is 1. The molecule has 2 rings (SSSR count). The summed E-state index contributed by atoms with van der Waals surface area (Å²) in [7, 11) is 2.94. The third-order valence-corrected chi connectivity index (χ3v) is 4.15. The number of benzene rings is 1. The van der Waals surface area contributed by atoms with Crippen molar-refractivity contribution in [2.75, 3.05) is 14.2 Å². The number of rotatable bonds is 7. The molecular weight excluding hydrogens is 354 g/mol. The molecule has 0 unspecified atom stereocenters. The Hall–Kier alpha value is -2.19. The van der Waals surface area contributed by atoms with Gasteiger partial charge in [-0.3, -0.25) is 5.10 Å². The van der Waals surface area contributed by atoms with Crippen LogP contribution in [-0.2, 0) is 11.2 Å². The molecule has 9 heteroatoms. The lowest BCUT2D eigenvalue weighted by Gasteiger charge is -2.11. The first-order chi connectivity index (χ1) is 11.5. The number of carbonyl (C=O) groups excluding carboxylic acids is 1. The molecule has 1 aromatic heterocycles. The fourth-order valence-corrected chi connectivity index (χ4v) is 2.90. The van der Waals surface area contributed by atoms with E-state index in [-0.39, 0.29) is 4.91 Å². The van der Waals surface area contributed by atoms with E-state index in [1.54, 1.807) is 12.1 Å². The largest absolute Gasteiger partial charge is 0.544 e. The highest BCUT2D eigenvalue weighted by Crippen LogP contribution is 2.37. The van der Waals surface area contributed by atoms with E-state index < -0.39 is 5.97 Å². The Morgan fingerprint density at radius 2 is 2.17 bits per heavy atom. The minimum atomic E-state index is -1.34. The monoisotopic (exact) mass is 368 g/mol. The highest BCUT2D eigenvalue weighted by molar-refractivity contribution is 8.04. The zero-order valence-corrected chi connectivity index (χ0v) is 14.8. The Morgan fingerprint density at radius 3 is 2.71 bits per heavy atom. The second kappa shape index (κ2) is 8.07. The lowest BCUT2D eigenvalue weighted by molar-refractivity contribution is -0.297. The van der Waals surface area contributed by atoms with Crippen molar-refractivity contribution in [3.63, 3.8) is 0 Å². The second-order valence-electron chi connectivity index (χ2n) is 4.55. The van der Waals surface area contributed by atoms with Crippen LogP contribution in [0.1, 0.15) is 18.3 Å². The molecule has 0 aliphatic heterocycles. The van der Waals surface area contributed by atoms with E-state index in [9.17, 15) is 9.90 Å². The molecule has 0 saturated carbocycles. The number of methoxy groups -OCH3 is 2. The van der Waals surface area contributed by atoms with E-state index >= 15 is 0 Å². The Morgan fingerprint density at radius 1 is 1.42 bits per heavy atom. The Labute approximate surface area is 148 Å². The average Bonchev–Trinajstić information content (AvgIpc) is 3.01. The third-order valence-electron chi connectivity index (χ3n) is 3.00. The fraction of sp³-hybridized carbons (Fsp3) is 0.267. The highest BCUT2D eigenvalue weighted by Gasteiger charge is 2.12. The maximum atomic E-state index is 11.4. The number of aliphatic carboxylic acids is 1. The summed E-state index contributed by atoms with van der Waals surface area (Å²) >= 11 is 7.01. The van der Waals surface area contributed by atoms with Crippen molar-refractivity contribution in [3.8, 4) is 11.5 Å². The van der Waals surface area contributed by atoms with Crippen LogP contribution < -0.4 is 14.6 Å².